The number of aromatic hydroxyl groups is 1. The molecule has 0 saturated carbocycles. The van der Waals surface area contributed by atoms with Crippen molar-refractivity contribution in [1.82, 2.24) is 5.43 Å². The third-order valence-electron chi connectivity index (χ3n) is 3.40. The van der Waals surface area contributed by atoms with Crippen LogP contribution in [0.3, 0.4) is 0 Å². The van der Waals surface area contributed by atoms with E-state index in [2.05, 4.69) is 15.8 Å². The molecule has 0 aliphatic rings. The maximum Gasteiger partial charge on any atom is 0.416 e. The van der Waals surface area contributed by atoms with Crippen molar-refractivity contribution in [2.75, 3.05) is 18.5 Å². The minimum Gasteiger partial charge on any atom is -0.503 e. The zero-order valence-electron chi connectivity index (χ0n) is 14.7. The molecular formula is C18H17ClF3N3O3. The zero-order chi connectivity index (χ0) is 20.7. The number of hydrogen-bond acceptors (Lipinski definition) is 5. The smallest absolute Gasteiger partial charge is 0.416 e. The highest BCUT2D eigenvalue weighted by molar-refractivity contribution is 6.32. The monoisotopic (exact) mass is 415 g/mol. The highest BCUT2D eigenvalue weighted by Crippen LogP contribution is 2.34. The number of halogens is 4. The van der Waals surface area contributed by atoms with Crippen molar-refractivity contribution in [2.24, 2.45) is 5.10 Å². The first kappa shape index (κ1) is 21.4. The molecular weight excluding hydrogens is 399 g/mol. The van der Waals surface area contributed by atoms with Gasteiger partial charge in [-0.15, -0.1) is 0 Å². The van der Waals surface area contributed by atoms with Gasteiger partial charge in [-0.2, -0.15) is 18.3 Å². The number of phenolic OH excluding ortho intramolecular Hbond substituents is 1. The number of anilines is 1. The fraction of sp³-hybridized carbons (Fsp3) is 0.222. The molecule has 0 atom stereocenters. The van der Waals surface area contributed by atoms with Crippen LogP contribution in [-0.2, 0) is 11.0 Å². The Balaban J connectivity index is 1.92. The molecule has 0 unspecified atom stereocenters. The van der Waals surface area contributed by atoms with Crippen LogP contribution in [0, 0.1) is 0 Å². The summed E-state index contributed by atoms with van der Waals surface area (Å²) >= 11 is 5.89. The zero-order valence-corrected chi connectivity index (χ0v) is 15.4. The molecule has 2 rings (SSSR count). The molecule has 28 heavy (non-hydrogen) atoms. The SMILES string of the molecule is CCOc1cc(/C=N/NC(=O)CNc2cccc(C(F)(F)F)c2)cc(Cl)c1O. The van der Waals surface area contributed by atoms with Gasteiger partial charge in [0.25, 0.3) is 5.91 Å². The van der Waals surface area contributed by atoms with Crippen LogP contribution in [0.1, 0.15) is 18.1 Å². The first-order valence-electron chi connectivity index (χ1n) is 8.09. The lowest BCUT2D eigenvalue weighted by Gasteiger charge is -2.10. The Bertz CT molecular complexity index is 873. The standard InChI is InChI=1S/C18H17ClF3N3O3/c1-2-28-15-7-11(6-14(19)17(15)27)9-24-25-16(26)10-23-13-5-3-4-12(8-13)18(20,21)22/h3-9,23,27H,2,10H2,1H3,(H,25,26)/b24-9+. The molecule has 0 bridgehead atoms. The number of ether oxygens (including phenoxy) is 1. The average Bonchev–Trinajstić information content (AvgIpc) is 2.64. The fourth-order valence-electron chi connectivity index (χ4n) is 2.14. The van der Waals surface area contributed by atoms with Crippen molar-refractivity contribution in [1.29, 1.82) is 0 Å². The van der Waals surface area contributed by atoms with Gasteiger partial charge in [0.15, 0.2) is 11.5 Å². The van der Waals surface area contributed by atoms with Gasteiger partial charge in [0.2, 0.25) is 0 Å². The predicted octanol–water partition coefficient (Wildman–Crippen LogP) is 4.03. The Morgan fingerprint density at radius 3 is 2.75 bits per heavy atom. The Labute approximate surface area is 164 Å². The van der Waals surface area contributed by atoms with Crippen LogP contribution in [0.2, 0.25) is 5.02 Å². The largest absolute Gasteiger partial charge is 0.503 e. The number of amides is 1. The van der Waals surface area contributed by atoms with Gasteiger partial charge in [0.1, 0.15) is 0 Å². The number of carbonyl (C=O) groups excluding carboxylic acids is 1. The lowest BCUT2D eigenvalue weighted by molar-refractivity contribution is -0.137. The minimum absolute atomic E-state index is 0.0601. The van der Waals surface area contributed by atoms with Gasteiger partial charge in [0.05, 0.1) is 30.0 Å². The maximum atomic E-state index is 12.7. The number of nitrogens with one attached hydrogen (secondary N) is 2. The van der Waals surface area contributed by atoms with Crippen molar-refractivity contribution in [3.8, 4) is 11.5 Å². The maximum absolute atomic E-state index is 12.7. The number of hydrogen-bond donors (Lipinski definition) is 3. The lowest BCUT2D eigenvalue weighted by Crippen LogP contribution is -2.26. The number of rotatable bonds is 7. The van der Waals surface area contributed by atoms with Gasteiger partial charge in [-0.25, -0.2) is 5.43 Å². The van der Waals surface area contributed by atoms with Crippen LogP contribution in [-0.4, -0.2) is 30.4 Å². The fourth-order valence-corrected chi connectivity index (χ4v) is 2.36. The second kappa shape index (κ2) is 9.32. The summed E-state index contributed by atoms with van der Waals surface area (Å²) in [5, 5.41) is 16.2. The van der Waals surface area contributed by atoms with E-state index >= 15 is 0 Å². The summed E-state index contributed by atoms with van der Waals surface area (Å²) in [4.78, 5) is 11.8. The van der Waals surface area contributed by atoms with Crippen molar-refractivity contribution < 1.29 is 27.8 Å². The minimum atomic E-state index is -4.46. The van der Waals surface area contributed by atoms with Crippen molar-refractivity contribution >= 4 is 29.4 Å². The van der Waals surface area contributed by atoms with E-state index in [0.29, 0.717) is 12.2 Å². The molecule has 0 spiro atoms. The van der Waals surface area contributed by atoms with Crippen LogP contribution in [0.5, 0.6) is 11.5 Å². The summed E-state index contributed by atoms with van der Waals surface area (Å²) in [6.07, 6.45) is -3.17. The Morgan fingerprint density at radius 1 is 1.32 bits per heavy atom. The van der Waals surface area contributed by atoms with Crippen LogP contribution < -0.4 is 15.5 Å². The summed E-state index contributed by atoms with van der Waals surface area (Å²) < 4.78 is 43.2. The molecule has 0 heterocycles. The van der Waals surface area contributed by atoms with Crippen molar-refractivity contribution in [3.63, 3.8) is 0 Å². The Kier molecular flexibility index (Phi) is 7.11. The molecule has 2 aromatic rings. The van der Waals surface area contributed by atoms with Crippen LogP contribution in [0.25, 0.3) is 0 Å². The van der Waals surface area contributed by atoms with Crippen LogP contribution in [0.15, 0.2) is 41.5 Å². The second-order valence-electron chi connectivity index (χ2n) is 5.51. The van der Waals surface area contributed by atoms with Crippen LogP contribution >= 0.6 is 11.6 Å². The number of phenols is 1. The van der Waals surface area contributed by atoms with Crippen molar-refractivity contribution in [2.45, 2.75) is 13.1 Å². The van der Waals surface area contributed by atoms with Gasteiger partial charge in [-0.05, 0) is 42.8 Å². The van der Waals surface area contributed by atoms with E-state index in [0.717, 1.165) is 12.1 Å². The van der Waals surface area contributed by atoms with Crippen molar-refractivity contribution in [3.05, 3.63) is 52.5 Å². The van der Waals surface area contributed by atoms with Gasteiger partial charge < -0.3 is 15.2 Å². The van der Waals surface area contributed by atoms with Gasteiger partial charge in [-0.3, -0.25) is 4.79 Å². The molecule has 150 valence electrons. The average molecular weight is 416 g/mol. The number of hydrazone groups is 1. The van der Waals surface area contributed by atoms with Gasteiger partial charge in [0, 0.05) is 5.69 Å². The van der Waals surface area contributed by atoms with Crippen LogP contribution in [0.4, 0.5) is 18.9 Å². The first-order chi connectivity index (χ1) is 13.2. The molecule has 3 N–H and O–H groups in total. The quantitative estimate of drug-likeness (QED) is 0.471. The lowest BCUT2D eigenvalue weighted by atomic mass is 10.2. The molecule has 6 nitrogen and oxygen atoms in total. The number of carbonyl (C=O) groups is 1. The molecule has 0 aliphatic heterocycles. The molecule has 0 aromatic heterocycles. The number of alkyl halides is 3. The molecule has 10 heteroatoms. The van der Waals surface area contributed by atoms with E-state index in [9.17, 15) is 23.1 Å². The summed E-state index contributed by atoms with van der Waals surface area (Å²) in [6.45, 7) is 1.79. The van der Waals surface area contributed by atoms with E-state index in [4.69, 9.17) is 16.3 Å². The topological polar surface area (TPSA) is 83.0 Å². The highest BCUT2D eigenvalue weighted by Gasteiger charge is 2.30. The van der Waals surface area contributed by atoms with Gasteiger partial charge >= 0.3 is 6.18 Å². The number of benzene rings is 2. The molecule has 0 radical (unpaired) electrons. The summed E-state index contributed by atoms with van der Waals surface area (Å²) in [7, 11) is 0. The third kappa shape index (κ3) is 6.05. The molecule has 0 fully saturated rings. The summed E-state index contributed by atoms with van der Waals surface area (Å²) in [6, 6.07) is 7.42. The Morgan fingerprint density at radius 2 is 2.07 bits per heavy atom. The van der Waals surface area contributed by atoms with E-state index < -0.39 is 17.6 Å². The molecule has 0 saturated heterocycles. The number of nitrogens with zero attached hydrogens (tertiary/aromatic N) is 1. The molecule has 2 aromatic carbocycles. The highest BCUT2D eigenvalue weighted by atomic mass is 35.5. The van der Waals surface area contributed by atoms with E-state index in [1.807, 2.05) is 0 Å². The Hall–Kier alpha value is -2.94. The summed E-state index contributed by atoms with van der Waals surface area (Å²) in [5.74, 6) is -0.590. The second-order valence-corrected chi connectivity index (χ2v) is 5.91. The molecule has 1 amide bonds. The van der Waals surface area contributed by atoms with E-state index in [1.165, 1.54) is 30.5 Å². The predicted molar refractivity (Wildman–Crippen MR) is 100.0 cm³/mol. The third-order valence-corrected chi connectivity index (χ3v) is 3.68. The molecule has 0 aliphatic carbocycles. The first-order valence-corrected chi connectivity index (χ1v) is 8.47. The van der Waals surface area contributed by atoms with Gasteiger partial charge in [-0.1, -0.05) is 17.7 Å². The van der Waals surface area contributed by atoms with E-state index in [1.54, 1.807) is 6.92 Å². The normalized spacial score (nSPS) is 11.5. The van der Waals surface area contributed by atoms with E-state index in [-0.39, 0.29) is 28.8 Å². The summed E-state index contributed by atoms with van der Waals surface area (Å²) in [5.41, 5.74) is 2.04.